The summed E-state index contributed by atoms with van der Waals surface area (Å²) in [6.07, 6.45) is 0.295. The number of esters is 1. The molecule has 1 atom stereocenters. The Hall–Kier alpha value is -1.55. The number of nitrogens with one attached hydrogen (secondary N) is 1. The van der Waals surface area contributed by atoms with Crippen LogP contribution in [-0.4, -0.2) is 26.7 Å². The molecule has 4 heteroatoms. The van der Waals surface area contributed by atoms with E-state index in [1.807, 2.05) is 38.1 Å². The molecule has 1 rings (SSSR count). The number of ether oxygens (including phenoxy) is 2. The minimum Gasteiger partial charge on any atom is -0.497 e. The molecule has 0 radical (unpaired) electrons. The van der Waals surface area contributed by atoms with E-state index >= 15 is 0 Å². The van der Waals surface area contributed by atoms with E-state index < -0.39 is 5.54 Å². The molecule has 0 aliphatic carbocycles. The predicted molar refractivity (Wildman–Crippen MR) is 70.7 cm³/mol. The molecule has 100 valence electrons. The van der Waals surface area contributed by atoms with Gasteiger partial charge >= 0.3 is 5.97 Å². The fraction of sp³-hybridized carbons (Fsp3) is 0.500. The molecule has 0 aliphatic rings. The monoisotopic (exact) mass is 251 g/mol. The lowest BCUT2D eigenvalue weighted by atomic mass is 9.88. The fourth-order valence-electron chi connectivity index (χ4n) is 1.98. The maximum atomic E-state index is 11.5. The second-order valence-corrected chi connectivity index (χ2v) is 4.34. The van der Waals surface area contributed by atoms with Crippen molar-refractivity contribution in [1.82, 2.24) is 5.32 Å². The van der Waals surface area contributed by atoms with E-state index in [4.69, 9.17) is 9.47 Å². The first-order valence-electron chi connectivity index (χ1n) is 6.02. The number of carbonyl (C=O) groups is 1. The maximum Gasteiger partial charge on any atom is 0.307 e. The molecule has 0 aromatic heterocycles. The van der Waals surface area contributed by atoms with Gasteiger partial charge in [-0.05, 0) is 31.2 Å². The van der Waals surface area contributed by atoms with Crippen LogP contribution in [0.3, 0.4) is 0 Å². The van der Waals surface area contributed by atoms with Crippen LogP contribution in [0.5, 0.6) is 5.75 Å². The van der Waals surface area contributed by atoms with Gasteiger partial charge in [0.05, 0.1) is 26.2 Å². The average Bonchev–Trinajstić information content (AvgIpc) is 2.39. The van der Waals surface area contributed by atoms with Crippen LogP contribution in [0, 0.1) is 0 Å². The first kappa shape index (κ1) is 14.5. The van der Waals surface area contributed by atoms with Crippen LogP contribution < -0.4 is 10.1 Å². The summed E-state index contributed by atoms with van der Waals surface area (Å²) >= 11 is 0. The van der Waals surface area contributed by atoms with Crippen LogP contribution >= 0.6 is 0 Å². The van der Waals surface area contributed by atoms with Gasteiger partial charge in [-0.2, -0.15) is 0 Å². The third-order valence-electron chi connectivity index (χ3n) is 3.02. The molecule has 0 spiro atoms. The van der Waals surface area contributed by atoms with E-state index in [2.05, 4.69) is 5.32 Å². The van der Waals surface area contributed by atoms with Gasteiger partial charge in [0.1, 0.15) is 5.75 Å². The summed E-state index contributed by atoms with van der Waals surface area (Å²) in [6, 6.07) is 7.71. The largest absolute Gasteiger partial charge is 0.497 e. The van der Waals surface area contributed by atoms with Crippen LogP contribution in [0.4, 0.5) is 0 Å². The van der Waals surface area contributed by atoms with Crippen molar-refractivity contribution < 1.29 is 14.3 Å². The summed E-state index contributed by atoms with van der Waals surface area (Å²) in [6.45, 7) is 4.79. The Bertz CT molecular complexity index is 389. The Morgan fingerprint density at radius 3 is 2.33 bits per heavy atom. The quantitative estimate of drug-likeness (QED) is 0.786. The number of methoxy groups -OCH3 is 2. The molecule has 1 aromatic rings. The second-order valence-electron chi connectivity index (χ2n) is 4.34. The molecule has 4 nitrogen and oxygen atoms in total. The van der Waals surface area contributed by atoms with E-state index in [-0.39, 0.29) is 5.97 Å². The zero-order valence-electron chi connectivity index (χ0n) is 11.4. The van der Waals surface area contributed by atoms with Gasteiger partial charge in [-0.3, -0.25) is 4.79 Å². The first-order chi connectivity index (χ1) is 8.55. The number of hydrogen-bond donors (Lipinski definition) is 1. The third kappa shape index (κ3) is 3.47. The highest BCUT2D eigenvalue weighted by molar-refractivity contribution is 5.71. The summed E-state index contributed by atoms with van der Waals surface area (Å²) < 4.78 is 9.89. The molecule has 0 fully saturated rings. The number of carbonyl (C=O) groups excluding carboxylic acids is 1. The molecule has 0 saturated heterocycles. The Labute approximate surface area is 108 Å². The molecule has 1 aromatic carbocycles. The molecule has 0 aliphatic heterocycles. The number of rotatable bonds is 6. The molecule has 0 heterocycles. The Kier molecular flexibility index (Phi) is 5.16. The van der Waals surface area contributed by atoms with Gasteiger partial charge in [0.2, 0.25) is 0 Å². The fourth-order valence-corrected chi connectivity index (χ4v) is 1.98. The second kappa shape index (κ2) is 6.40. The van der Waals surface area contributed by atoms with Crippen LogP contribution in [0.25, 0.3) is 0 Å². The normalized spacial score (nSPS) is 13.8. The highest BCUT2D eigenvalue weighted by Crippen LogP contribution is 2.26. The molecular weight excluding hydrogens is 230 g/mol. The van der Waals surface area contributed by atoms with E-state index in [0.717, 1.165) is 17.9 Å². The molecular formula is C14H21NO3. The van der Waals surface area contributed by atoms with Crippen LogP contribution in [0.15, 0.2) is 24.3 Å². The highest BCUT2D eigenvalue weighted by atomic mass is 16.5. The zero-order valence-corrected chi connectivity index (χ0v) is 11.4. The van der Waals surface area contributed by atoms with Crippen molar-refractivity contribution in [3.05, 3.63) is 29.8 Å². The lowest BCUT2D eigenvalue weighted by Gasteiger charge is -2.30. The van der Waals surface area contributed by atoms with Gasteiger partial charge in [-0.1, -0.05) is 19.1 Å². The molecule has 18 heavy (non-hydrogen) atoms. The van der Waals surface area contributed by atoms with Crippen molar-refractivity contribution in [1.29, 1.82) is 0 Å². The zero-order chi connectivity index (χ0) is 13.6. The van der Waals surface area contributed by atoms with Gasteiger partial charge in [-0.25, -0.2) is 0 Å². The summed E-state index contributed by atoms with van der Waals surface area (Å²) in [5.41, 5.74) is 0.615. The van der Waals surface area contributed by atoms with Crippen molar-refractivity contribution in [3.63, 3.8) is 0 Å². The first-order valence-corrected chi connectivity index (χ1v) is 6.02. The Morgan fingerprint density at radius 2 is 1.89 bits per heavy atom. The predicted octanol–water partition coefficient (Wildman–Crippen LogP) is 2.08. The van der Waals surface area contributed by atoms with Crippen LogP contribution in [-0.2, 0) is 15.1 Å². The van der Waals surface area contributed by atoms with E-state index in [9.17, 15) is 4.79 Å². The summed E-state index contributed by atoms with van der Waals surface area (Å²) in [5, 5.41) is 3.34. The number of benzene rings is 1. The minimum atomic E-state index is -0.423. The minimum absolute atomic E-state index is 0.228. The number of hydrogen-bond acceptors (Lipinski definition) is 4. The maximum absolute atomic E-state index is 11.5. The van der Waals surface area contributed by atoms with E-state index in [0.29, 0.717) is 6.42 Å². The Morgan fingerprint density at radius 1 is 1.28 bits per heavy atom. The van der Waals surface area contributed by atoms with Gasteiger partial charge in [-0.15, -0.1) is 0 Å². The van der Waals surface area contributed by atoms with Gasteiger partial charge in [0.15, 0.2) is 0 Å². The molecule has 0 amide bonds. The van der Waals surface area contributed by atoms with Crippen LogP contribution in [0.1, 0.15) is 25.8 Å². The van der Waals surface area contributed by atoms with Crippen LogP contribution in [0.2, 0.25) is 0 Å². The molecule has 1 N–H and O–H groups in total. The van der Waals surface area contributed by atoms with Gasteiger partial charge in [0.25, 0.3) is 0 Å². The topological polar surface area (TPSA) is 47.6 Å². The average molecular weight is 251 g/mol. The van der Waals surface area contributed by atoms with E-state index in [1.165, 1.54) is 7.11 Å². The third-order valence-corrected chi connectivity index (χ3v) is 3.02. The van der Waals surface area contributed by atoms with Crippen molar-refractivity contribution in [3.8, 4) is 5.75 Å². The lowest BCUT2D eigenvalue weighted by Crippen LogP contribution is -2.41. The summed E-state index contributed by atoms with van der Waals surface area (Å²) in [5.74, 6) is 0.574. The van der Waals surface area contributed by atoms with Gasteiger partial charge in [0, 0.05) is 0 Å². The lowest BCUT2D eigenvalue weighted by molar-refractivity contribution is -0.142. The Balaban J connectivity index is 2.97. The van der Waals surface area contributed by atoms with Crippen molar-refractivity contribution in [2.45, 2.75) is 25.8 Å². The van der Waals surface area contributed by atoms with E-state index in [1.54, 1.807) is 7.11 Å². The standard InChI is InChI=1S/C14H21NO3/c1-5-15-14(2,10-13(16)18-4)11-6-8-12(17-3)9-7-11/h6-9,15H,5,10H2,1-4H3. The van der Waals surface area contributed by atoms with Crippen molar-refractivity contribution in [2.24, 2.45) is 0 Å². The van der Waals surface area contributed by atoms with Crippen molar-refractivity contribution in [2.75, 3.05) is 20.8 Å². The summed E-state index contributed by atoms with van der Waals surface area (Å²) in [4.78, 5) is 11.5. The van der Waals surface area contributed by atoms with Gasteiger partial charge < -0.3 is 14.8 Å². The molecule has 1 unspecified atom stereocenters. The molecule has 0 saturated carbocycles. The highest BCUT2D eigenvalue weighted by Gasteiger charge is 2.29. The SMILES string of the molecule is CCNC(C)(CC(=O)OC)c1ccc(OC)cc1. The molecule has 0 bridgehead atoms. The van der Waals surface area contributed by atoms with Crippen molar-refractivity contribution >= 4 is 5.97 Å². The summed E-state index contributed by atoms with van der Waals surface area (Å²) in [7, 11) is 3.04. The smallest absolute Gasteiger partial charge is 0.307 e.